The molecule has 3 rings (SSSR count). The van der Waals surface area contributed by atoms with Crippen LogP contribution >= 0.6 is 0 Å². The Balaban J connectivity index is 1.79. The van der Waals surface area contributed by atoms with E-state index in [2.05, 4.69) is 0 Å². The third-order valence-electron chi connectivity index (χ3n) is 4.34. The Morgan fingerprint density at radius 1 is 1.17 bits per heavy atom. The Hall–Kier alpha value is -2.15. The first kappa shape index (κ1) is 16.7. The van der Waals surface area contributed by atoms with E-state index in [1.54, 1.807) is 7.11 Å². The second-order valence-electron chi connectivity index (χ2n) is 5.97. The summed E-state index contributed by atoms with van der Waals surface area (Å²) in [6, 6.07) is 8.97. The average molecular weight is 332 g/mol. The molecule has 2 aromatic rings. The number of aliphatic hydroxyl groups excluding tert-OH is 3. The molecule has 1 aliphatic rings. The number of aryl methyl sites for hydroxylation is 2. The molecule has 6 nitrogen and oxygen atoms in total. The first-order valence-electron chi connectivity index (χ1n) is 7.82. The summed E-state index contributed by atoms with van der Waals surface area (Å²) < 4.78 is 10.8. The maximum absolute atomic E-state index is 12.2. The van der Waals surface area contributed by atoms with Gasteiger partial charge in [0.1, 0.15) is 29.5 Å². The first-order valence-corrected chi connectivity index (χ1v) is 7.82. The highest BCUT2D eigenvalue weighted by Gasteiger charge is 2.36. The minimum absolute atomic E-state index is 0.0131. The molecule has 0 spiro atoms. The van der Waals surface area contributed by atoms with Crippen molar-refractivity contribution in [3.05, 3.63) is 63.2 Å². The number of rotatable bonds is 4. The lowest BCUT2D eigenvalue weighted by atomic mass is 9.89. The van der Waals surface area contributed by atoms with Gasteiger partial charge in [0.25, 0.3) is 0 Å². The summed E-state index contributed by atoms with van der Waals surface area (Å²) in [6.07, 6.45) is -2.73. The van der Waals surface area contributed by atoms with Crippen molar-refractivity contribution in [1.82, 2.24) is 0 Å². The molecule has 1 heterocycles. The number of hydrogen-bond donors (Lipinski definition) is 3. The van der Waals surface area contributed by atoms with Gasteiger partial charge in [-0.3, -0.25) is 4.79 Å². The molecule has 24 heavy (non-hydrogen) atoms. The van der Waals surface area contributed by atoms with Gasteiger partial charge in [-0.2, -0.15) is 0 Å². The number of methoxy groups -OCH3 is 1. The second-order valence-corrected chi connectivity index (χ2v) is 5.97. The van der Waals surface area contributed by atoms with Crippen LogP contribution in [0.1, 0.15) is 28.8 Å². The van der Waals surface area contributed by atoms with Gasteiger partial charge >= 0.3 is 0 Å². The van der Waals surface area contributed by atoms with Gasteiger partial charge in [-0.15, -0.1) is 0 Å². The van der Waals surface area contributed by atoms with E-state index in [0.29, 0.717) is 18.6 Å². The van der Waals surface area contributed by atoms with Crippen molar-refractivity contribution < 1.29 is 24.5 Å². The van der Waals surface area contributed by atoms with Gasteiger partial charge in [0, 0.05) is 18.9 Å². The average Bonchev–Trinajstić information content (AvgIpc) is 2.58. The fraction of sp³-hybridized carbons (Fsp3) is 0.389. The minimum Gasteiger partial charge on any atom is -0.497 e. The Labute approximate surface area is 138 Å². The van der Waals surface area contributed by atoms with Crippen molar-refractivity contribution in [3.8, 4) is 5.75 Å². The van der Waals surface area contributed by atoms with Crippen LogP contribution in [0.4, 0.5) is 0 Å². The fourth-order valence-electron chi connectivity index (χ4n) is 2.94. The number of ether oxygens (including phenoxy) is 1. The number of hydrogen-bond acceptors (Lipinski definition) is 6. The summed E-state index contributed by atoms with van der Waals surface area (Å²) in [4.78, 5) is 12.2. The molecule has 0 amide bonds. The van der Waals surface area contributed by atoms with Gasteiger partial charge < -0.3 is 24.5 Å². The minimum atomic E-state index is -1.42. The van der Waals surface area contributed by atoms with E-state index in [0.717, 1.165) is 11.3 Å². The van der Waals surface area contributed by atoms with E-state index in [1.165, 1.54) is 6.07 Å². The number of aliphatic hydroxyl groups is 3. The Kier molecular flexibility index (Phi) is 4.71. The Morgan fingerprint density at radius 3 is 2.54 bits per heavy atom. The zero-order valence-electron chi connectivity index (χ0n) is 13.3. The molecule has 6 heteroatoms. The van der Waals surface area contributed by atoms with Crippen molar-refractivity contribution in [2.75, 3.05) is 7.11 Å². The second kappa shape index (κ2) is 6.76. The summed E-state index contributed by atoms with van der Waals surface area (Å²) in [5.74, 6) is 1.52. The van der Waals surface area contributed by atoms with Crippen molar-refractivity contribution >= 4 is 0 Å². The smallest absolute Gasteiger partial charge is 0.191 e. The standard InChI is InChI=1S/C18H20O6/c1-23-11-5-2-10(3-6-11)4-7-12-8-13(19)16-15(24-12)9-14(20)17(21)18(16)22/h2-3,5-6,8,14,17-18,20-22H,4,7,9H2,1H3/t14-,17+,18-/m1/s1. The predicted molar refractivity (Wildman–Crippen MR) is 86.1 cm³/mol. The van der Waals surface area contributed by atoms with Crippen LogP contribution in [0.5, 0.6) is 5.75 Å². The van der Waals surface area contributed by atoms with Crippen LogP contribution in [-0.2, 0) is 19.3 Å². The highest BCUT2D eigenvalue weighted by molar-refractivity contribution is 5.29. The van der Waals surface area contributed by atoms with Gasteiger partial charge in [-0.1, -0.05) is 12.1 Å². The molecule has 0 bridgehead atoms. The van der Waals surface area contributed by atoms with Crippen LogP contribution < -0.4 is 10.2 Å². The molecule has 0 saturated heterocycles. The molecule has 0 aliphatic heterocycles. The van der Waals surface area contributed by atoms with E-state index in [1.807, 2.05) is 24.3 Å². The third-order valence-corrected chi connectivity index (χ3v) is 4.34. The molecule has 0 saturated carbocycles. The molecule has 0 unspecified atom stereocenters. The van der Waals surface area contributed by atoms with Crippen LogP contribution in [0.3, 0.4) is 0 Å². The molecular formula is C18H20O6. The zero-order valence-corrected chi connectivity index (χ0v) is 13.3. The van der Waals surface area contributed by atoms with Gasteiger partial charge in [0.2, 0.25) is 0 Å². The van der Waals surface area contributed by atoms with Crippen LogP contribution in [0.2, 0.25) is 0 Å². The predicted octanol–water partition coefficient (Wildman–Crippen LogP) is 0.745. The van der Waals surface area contributed by atoms with Gasteiger partial charge in [-0.05, 0) is 24.1 Å². The monoisotopic (exact) mass is 332 g/mol. The highest BCUT2D eigenvalue weighted by Crippen LogP contribution is 2.28. The van der Waals surface area contributed by atoms with Crippen LogP contribution in [0.25, 0.3) is 0 Å². The zero-order chi connectivity index (χ0) is 17.3. The lowest BCUT2D eigenvalue weighted by molar-refractivity contribution is -0.0732. The quantitative estimate of drug-likeness (QED) is 0.764. The van der Waals surface area contributed by atoms with Gasteiger partial charge in [-0.25, -0.2) is 0 Å². The summed E-state index contributed by atoms with van der Waals surface area (Å²) >= 11 is 0. The summed E-state index contributed by atoms with van der Waals surface area (Å²) in [5, 5.41) is 29.4. The largest absolute Gasteiger partial charge is 0.497 e. The van der Waals surface area contributed by atoms with Crippen LogP contribution in [0.15, 0.2) is 39.5 Å². The third kappa shape index (κ3) is 3.21. The van der Waals surface area contributed by atoms with Crippen molar-refractivity contribution in [1.29, 1.82) is 0 Å². The molecule has 1 aliphatic carbocycles. The molecule has 3 N–H and O–H groups in total. The maximum atomic E-state index is 12.2. The molecule has 1 aromatic carbocycles. The summed E-state index contributed by atoms with van der Waals surface area (Å²) in [6.45, 7) is 0. The highest BCUT2D eigenvalue weighted by atomic mass is 16.5. The summed E-state index contributed by atoms with van der Waals surface area (Å²) in [7, 11) is 1.61. The van der Waals surface area contributed by atoms with Crippen molar-refractivity contribution in [2.24, 2.45) is 0 Å². The lowest BCUT2D eigenvalue weighted by Gasteiger charge is -2.29. The van der Waals surface area contributed by atoms with Crippen LogP contribution in [-0.4, -0.2) is 34.6 Å². The summed E-state index contributed by atoms with van der Waals surface area (Å²) in [5.41, 5.74) is 0.743. The molecule has 0 radical (unpaired) electrons. The number of benzene rings is 1. The number of fused-ring (bicyclic) bond motifs is 1. The van der Waals surface area contributed by atoms with E-state index in [9.17, 15) is 20.1 Å². The molecular weight excluding hydrogens is 312 g/mol. The molecule has 3 atom stereocenters. The SMILES string of the molecule is COc1ccc(CCc2cc(=O)c3c(o2)C[C@@H](O)[C@H](O)[C@@H]3O)cc1. The molecule has 128 valence electrons. The first-order chi connectivity index (χ1) is 11.5. The maximum Gasteiger partial charge on any atom is 0.191 e. The normalized spacial score (nSPS) is 22.9. The van der Waals surface area contributed by atoms with E-state index in [-0.39, 0.29) is 23.2 Å². The van der Waals surface area contributed by atoms with E-state index < -0.39 is 18.3 Å². The van der Waals surface area contributed by atoms with E-state index in [4.69, 9.17) is 9.15 Å². The van der Waals surface area contributed by atoms with Crippen molar-refractivity contribution in [3.63, 3.8) is 0 Å². The molecule has 0 fully saturated rings. The fourth-order valence-corrected chi connectivity index (χ4v) is 2.94. The Morgan fingerprint density at radius 2 is 1.88 bits per heavy atom. The van der Waals surface area contributed by atoms with Crippen LogP contribution in [0, 0.1) is 0 Å². The van der Waals surface area contributed by atoms with E-state index >= 15 is 0 Å². The Bertz CT molecular complexity index is 764. The topological polar surface area (TPSA) is 100 Å². The molecule has 1 aromatic heterocycles. The van der Waals surface area contributed by atoms with Gasteiger partial charge in [0.15, 0.2) is 5.43 Å². The van der Waals surface area contributed by atoms with Gasteiger partial charge in [0.05, 0.1) is 18.8 Å². The lowest BCUT2D eigenvalue weighted by Crippen LogP contribution is -2.41. The van der Waals surface area contributed by atoms with Crippen molar-refractivity contribution in [2.45, 2.75) is 37.6 Å².